The first-order valence-corrected chi connectivity index (χ1v) is 14.8. The molecule has 3 aliphatic carbocycles. The van der Waals surface area contributed by atoms with Crippen LogP contribution in [0.5, 0.6) is 0 Å². The maximum absolute atomic E-state index is 13.2. The molecule has 3 rings (SSSR count). The van der Waals surface area contributed by atoms with Crippen molar-refractivity contribution < 1.29 is 46.8 Å². The fourth-order valence-corrected chi connectivity index (χ4v) is 7.63. The maximum atomic E-state index is 13.2. The van der Waals surface area contributed by atoms with E-state index in [1.54, 1.807) is 13.8 Å². The molecule has 0 spiro atoms. The molecule has 0 heterocycles. The number of rotatable bonds is 9. The molecule has 4 nitrogen and oxygen atoms in total. The third-order valence-electron chi connectivity index (χ3n) is 9.71. The lowest BCUT2D eigenvalue weighted by Crippen LogP contribution is -2.55. The molecular formula is C31H46F6O4. The monoisotopic (exact) mass is 596 g/mol. The second kappa shape index (κ2) is 12.7. The van der Waals surface area contributed by atoms with Crippen molar-refractivity contribution in [2.24, 2.45) is 23.2 Å². The van der Waals surface area contributed by atoms with Gasteiger partial charge in [-0.15, -0.1) is 0 Å². The molecule has 2 unspecified atom stereocenters. The molecule has 0 aromatic rings. The van der Waals surface area contributed by atoms with Crippen LogP contribution in [0.2, 0.25) is 0 Å². The van der Waals surface area contributed by atoms with Gasteiger partial charge in [0.2, 0.25) is 0 Å². The van der Waals surface area contributed by atoms with Gasteiger partial charge in [0.25, 0.3) is 5.60 Å². The lowest BCUT2D eigenvalue weighted by Gasteiger charge is -2.45. The first-order chi connectivity index (χ1) is 18.8. The lowest BCUT2D eigenvalue weighted by atomic mass is 9.60. The van der Waals surface area contributed by atoms with Gasteiger partial charge in [-0.2, -0.15) is 26.3 Å². The van der Waals surface area contributed by atoms with E-state index in [0.717, 1.165) is 43.8 Å². The molecule has 0 aromatic heterocycles. The highest BCUT2D eigenvalue weighted by Gasteiger charge is 2.69. The summed E-state index contributed by atoms with van der Waals surface area (Å²) in [6, 6.07) is 0. The minimum Gasteiger partial charge on any atom is -0.393 e. The number of aliphatic hydroxyl groups excluding tert-OH is 2. The summed E-state index contributed by atoms with van der Waals surface area (Å²) in [6.07, 6.45) is -0.853. The van der Waals surface area contributed by atoms with Crippen LogP contribution in [0.3, 0.4) is 0 Å². The fourth-order valence-electron chi connectivity index (χ4n) is 7.63. The second-order valence-electron chi connectivity index (χ2n) is 13.5. The van der Waals surface area contributed by atoms with Gasteiger partial charge in [-0.25, -0.2) is 0 Å². The number of alkyl halides is 6. The SMILES string of the molecule is CC(C)(O)CCC[C@@H](C/C=C/C(O)(C(F)(F)F)C(F)(F)F)[C@H]1CCC2/C(=C/C=C3CC(O)C[C@H](O)C3)CCC[C@@]21C. The summed E-state index contributed by atoms with van der Waals surface area (Å²) < 4.78 is 79.5. The predicted molar refractivity (Wildman–Crippen MR) is 145 cm³/mol. The standard InChI is InChI=1S/C31H46F6O4/c1-27(2,40)14-4-7-21(9-6-16-29(41,30(32,33)34)31(35,36)37)25-12-13-26-22(8-5-15-28(25,26)3)11-10-20-17-23(38)19-24(39)18-20/h6,10-11,16,21,23-26,38-41H,4-5,7-9,12-15,17-19H2,1-3H3/b16-6+,20-10?,22-11+/t21-,23+,24?,25+,26?,28+/m0/s1. The van der Waals surface area contributed by atoms with Gasteiger partial charge in [0, 0.05) is 0 Å². The molecular weight excluding hydrogens is 550 g/mol. The van der Waals surface area contributed by atoms with E-state index in [-0.39, 0.29) is 35.7 Å². The molecule has 236 valence electrons. The van der Waals surface area contributed by atoms with E-state index in [0.29, 0.717) is 38.5 Å². The number of fused-ring (bicyclic) bond motifs is 1. The van der Waals surface area contributed by atoms with Crippen LogP contribution < -0.4 is 0 Å². The van der Waals surface area contributed by atoms with Gasteiger partial charge in [0.05, 0.1) is 17.8 Å². The molecule has 3 saturated carbocycles. The molecule has 41 heavy (non-hydrogen) atoms. The summed E-state index contributed by atoms with van der Waals surface area (Å²) in [5.74, 6) is 0.0637. The molecule has 6 atom stereocenters. The third-order valence-corrected chi connectivity index (χ3v) is 9.71. The summed E-state index contributed by atoms with van der Waals surface area (Å²) in [7, 11) is 0. The molecule has 0 aliphatic heterocycles. The van der Waals surface area contributed by atoms with Crippen molar-refractivity contribution in [2.75, 3.05) is 0 Å². The molecule has 0 saturated heterocycles. The first kappa shape index (κ1) is 34.1. The van der Waals surface area contributed by atoms with E-state index < -0.39 is 35.8 Å². The summed E-state index contributed by atoms with van der Waals surface area (Å²) >= 11 is 0. The van der Waals surface area contributed by atoms with Crippen molar-refractivity contribution >= 4 is 0 Å². The number of allylic oxidation sites excluding steroid dienone is 4. The molecule has 0 radical (unpaired) electrons. The van der Waals surface area contributed by atoms with Crippen molar-refractivity contribution in [3.63, 3.8) is 0 Å². The minimum absolute atomic E-state index is 0.0355. The Morgan fingerprint density at radius 2 is 1.56 bits per heavy atom. The van der Waals surface area contributed by atoms with Gasteiger partial charge < -0.3 is 20.4 Å². The Bertz CT molecular complexity index is 951. The summed E-state index contributed by atoms with van der Waals surface area (Å²) in [4.78, 5) is 0. The van der Waals surface area contributed by atoms with Crippen LogP contribution in [0.1, 0.15) is 97.8 Å². The zero-order chi connectivity index (χ0) is 30.9. The van der Waals surface area contributed by atoms with Gasteiger partial charge in [-0.3, -0.25) is 0 Å². The smallest absolute Gasteiger partial charge is 0.393 e. The van der Waals surface area contributed by atoms with Gasteiger partial charge in [-0.1, -0.05) is 42.7 Å². The highest BCUT2D eigenvalue weighted by Crippen LogP contribution is 2.60. The van der Waals surface area contributed by atoms with Crippen LogP contribution in [0.4, 0.5) is 26.3 Å². The third kappa shape index (κ3) is 8.18. The highest BCUT2D eigenvalue weighted by atomic mass is 19.4. The molecule has 0 aromatic carbocycles. The van der Waals surface area contributed by atoms with Gasteiger partial charge in [0.1, 0.15) is 0 Å². The molecule has 0 bridgehead atoms. The Morgan fingerprint density at radius 3 is 2.12 bits per heavy atom. The van der Waals surface area contributed by atoms with Crippen molar-refractivity contribution in [2.45, 2.75) is 134 Å². The molecule has 4 N–H and O–H groups in total. The molecule has 3 aliphatic rings. The summed E-state index contributed by atoms with van der Waals surface area (Å²) in [6.45, 7) is 5.51. The van der Waals surface area contributed by atoms with Crippen LogP contribution in [0.15, 0.2) is 35.5 Å². The van der Waals surface area contributed by atoms with E-state index in [2.05, 4.69) is 13.0 Å². The fraction of sp³-hybridized carbons (Fsp3) is 0.806. The Kier molecular flexibility index (Phi) is 10.6. The van der Waals surface area contributed by atoms with Crippen molar-refractivity contribution in [1.82, 2.24) is 0 Å². The van der Waals surface area contributed by atoms with Gasteiger partial charge in [-0.05, 0) is 114 Å². The van der Waals surface area contributed by atoms with Crippen LogP contribution in [-0.2, 0) is 0 Å². The van der Waals surface area contributed by atoms with Crippen molar-refractivity contribution in [3.8, 4) is 0 Å². The zero-order valence-electron chi connectivity index (χ0n) is 24.2. The maximum Gasteiger partial charge on any atom is 0.429 e. The zero-order valence-corrected chi connectivity index (χ0v) is 24.2. The average Bonchev–Trinajstić information content (AvgIpc) is 3.16. The van der Waals surface area contributed by atoms with E-state index in [1.807, 2.05) is 6.08 Å². The molecule has 10 heteroatoms. The minimum atomic E-state index is -5.90. The van der Waals surface area contributed by atoms with Crippen molar-refractivity contribution in [1.29, 1.82) is 0 Å². The van der Waals surface area contributed by atoms with Crippen molar-refractivity contribution in [3.05, 3.63) is 35.5 Å². The van der Waals surface area contributed by atoms with E-state index in [9.17, 15) is 46.8 Å². The topological polar surface area (TPSA) is 80.9 Å². The predicted octanol–water partition coefficient (Wildman–Crippen LogP) is 7.32. The van der Waals surface area contributed by atoms with Crippen LogP contribution in [0.25, 0.3) is 0 Å². The summed E-state index contributed by atoms with van der Waals surface area (Å²) in [5.41, 5.74) is -3.79. The first-order valence-electron chi connectivity index (χ1n) is 14.8. The Labute approximate surface area is 239 Å². The second-order valence-corrected chi connectivity index (χ2v) is 13.5. The van der Waals surface area contributed by atoms with E-state index >= 15 is 0 Å². The lowest BCUT2D eigenvalue weighted by molar-refractivity contribution is -0.347. The van der Waals surface area contributed by atoms with Crippen LogP contribution in [0, 0.1) is 23.2 Å². The number of hydrogen-bond acceptors (Lipinski definition) is 4. The van der Waals surface area contributed by atoms with Crippen LogP contribution in [-0.4, -0.2) is 56.2 Å². The number of halogens is 6. The largest absolute Gasteiger partial charge is 0.429 e. The summed E-state index contributed by atoms with van der Waals surface area (Å²) in [5, 5.41) is 39.8. The molecule has 3 fully saturated rings. The van der Waals surface area contributed by atoms with Crippen LogP contribution >= 0.6 is 0 Å². The Hall–Kier alpha value is -1.36. The highest BCUT2D eigenvalue weighted by molar-refractivity contribution is 5.26. The number of hydrogen-bond donors (Lipinski definition) is 4. The van der Waals surface area contributed by atoms with E-state index in [1.165, 1.54) is 5.57 Å². The quantitative estimate of drug-likeness (QED) is 0.166. The normalized spacial score (nSPS) is 33.1. The Morgan fingerprint density at radius 1 is 0.951 bits per heavy atom. The van der Waals surface area contributed by atoms with E-state index in [4.69, 9.17) is 0 Å². The van der Waals surface area contributed by atoms with Gasteiger partial charge in [0.15, 0.2) is 0 Å². The van der Waals surface area contributed by atoms with Gasteiger partial charge >= 0.3 is 12.4 Å². The average molecular weight is 597 g/mol. The number of aliphatic hydroxyl groups is 4. The Balaban J connectivity index is 1.85. The molecule has 0 amide bonds.